The fourth-order valence-electron chi connectivity index (χ4n) is 2.77. The predicted octanol–water partition coefficient (Wildman–Crippen LogP) is 3.16. The first-order valence-corrected chi connectivity index (χ1v) is 8.40. The van der Waals surface area contributed by atoms with Crippen LogP contribution in [0, 0.1) is 5.92 Å². The van der Waals surface area contributed by atoms with Gasteiger partial charge in [0.05, 0.1) is 7.11 Å². The van der Waals surface area contributed by atoms with Gasteiger partial charge in [0.25, 0.3) is 0 Å². The summed E-state index contributed by atoms with van der Waals surface area (Å²) in [6.07, 6.45) is 3.37. The molecule has 0 saturated carbocycles. The van der Waals surface area contributed by atoms with Crippen molar-refractivity contribution in [2.45, 2.75) is 13.8 Å². The molecule has 0 radical (unpaired) electrons. The lowest BCUT2D eigenvalue weighted by atomic mass is 10.1. The summed E-state index contributed by atoms with van der Waals surface area (Å²) < 4.78 is 5.29. The van der Waals surface area contributed by atoms with Crippen LogP contribution < -0.4 is 4.74 Å². The summed E-state index contributed by atoms with van der Waals surface area (Å²) in [4.78, 5) is 16.6. The van der Waals surface area contributed by atoms with Crippen molar-refractivity contribution in [1.29, 1.82) is 0 Å². The Bertz CT molecular complexity index is 564. The van der Waals surface area contributed by atoms with E-state index < -0.39 is 0 Å². The van der Waals surface area contributed by atoms with E-state index >= 15 is 0 Å². The summed E-state index contributed by atoms with van der Waals surface area (Å²) in [5.41, 5.74) is 0.812. The van der Waals surface area contributed by atoms with Gasteiger partial charge in [-0.3, -0.25) is 9.69 Å². The van der Waals surface area contributed by atoms with Crippen molar-refractivity contribution in [3.63, 3.8) is 0 Å². The molecule has 4 nitrogen and oxygen atoms in total. The van der Waals surface area contributed by atoms with E-state index in [0.717, 1.165) is 38.3 Å². The molecule has 0 N–H and O–H groups in total. The zero-order chi connectivity index (χ0) is 16.8. The van der Waals surface area contributed by atoms with Crippen molar-refractivity contribution < 1.29 is 9.53 Å². The quantitative estimate of drug-likeness (QED) is 0.774. The second-order valence-corrected chi connectivity index (χ2v) is 6.68. The Morgan fingerprint density at radius 1 is 1.30 bits per heavy atom. The lowest BCUT2D eigenvalue weighted by molar-refractivity contribution is -0.127. The minimum Gasteiger partial charge on any atom is -0.496 e. The van der Waals surface area contributed by atoms with Crippen molar-refractivity contribution in [2.24, 2.45) is 5.92 Å². The fourth-order valence-corrected chi connectivity index (χ4v) is 2.95. The molecule has 0 aliphatic carbocycles. The van der Waals surface area contributed by atoms with Gasteiger partial charge in [-0.1, -0.05) is 25.4 Å². The number of amides is 1. The van der Waals surface area contributed by atoms with Crippen LogP contribution in [0.5, 0.6) is 5.75 Å². The number of rotatable bonds is 5. The van der Waals surface area contributed by atoms with Gasteiger partial charge in [-0.25, -0.2) is 0 Å². The number of hydrogen-bond donors (Lipinski definition) is 0. The highest BCUT2D eigenvalue weighted by Gasteiger charge is 2.19. The van der Waals surface area contributed by atoms with E-state index in [1.54, 1.807) is 37.5 Å². The smallest absolute Gasteiger partial charge is 0.246 e. The van der Waals surface area contributed by atoms with E-state index in [2.05, 4.69) is 18.7 Å². The SMILES string of the molecule is COc1ccc(Cl)cc1C=CC(=O)N1CCN(CC(C)C)CC1. The summed E-state index contributed by atoms with van der Waals surface area (Å²) >= 11 is 6.00. The Morgan fingerprint density at radius 3 is 2.61 bits per heavy atom. The van der Waals surface area contributed by atoms with Gasteiger partial charge in [0.2, 0.25) is 5.91 Å². The van der Waals surface area contributed by atoms with Gasteiger partial charge in [-0.15, -0.1) is 0 Å². The normalized spacial score (nSPS) is 16.3. The molecule has 5 heteroatoms. The Hall–Kier alpha value is -1.52. The molecular formula is C18H25ClN2O2. The highest BCUT2D eigenvalue weighted by molar-refractivity contribution is 6.30. The summed E-state index contributed by atoms with van der Waals surface area (Å²) in [6, 6.07) is 5.37. The third-order valence-corrected chi connectivity index (χ3v) is 4.14. The van der Waals surface area contributed by atoms with Gasteiger partial charge >= 0.3 is 0 Å². The summed E-state index contributed by atoms with van der Waals surface area (Å²) in [7, 11) is 1.61. The van der Waals surface area contributed by atoms with Gasteiger partial charge < -0.3 is 9.64 Å². The fraction of sp³-hybridized carbons (Fsp3) is 0.500. The van der Waals surface area contributed by atoms with Crippen molar-refractivity contribution in [3.05, 3.63) is 34.9 Å². The highest BCUT2D eigenvalue weighted by Crippen LogP contribution is 2.23. The molecule has 1 aliphatic rings. The van der Waals surface area contributed by atoms with E-state index in [-0.39, 0.29) is 5.91 Å². The lowest BCUT2D eigenvalue weighted by Gasteiger charge is -2.35. The number of ether oxygens (including phenoxy) is 1. The van der Waals surface area contributed by atoms with Crippen LogP contribution in [0.2, 0.25) is 5.02 Å². The molecule has 1 saturated heterocycles. The van der Waals surface area contributed by atoms with Crippen LogP contribution in [0.4, 0.5) is 0 Å². The zero-order valence-electron chi connectivity index (χ0n) is 14.1. The molecule has 1 fully saturated rings. The molecule has 0 spiro atoms. The third kappa shape index (κ3) is 5.26. The van der Waals surface area contributed by atoms with Crippen LogP contribution in [-0.2, 0) is 4.79 Å². The second kappa shape index (κ2) is 8.37. The monoisotopic (exact) mass is 336 g/mol. The van der Waals surface area contributed by atoms with E-state index in [0.29, 0.717) is 16.7 Å². The maximum absolute atomic E-state index is 12.3. The Balaban J connectivity index is 1.94. The number of carbonyl (C=O) groups is 1. The van der Waals surface area contributed by atoms with Crippen molar-refractivity contribution in [3.8, 4) is 5.75 Å². The molecule has 126 valence electrons. The van der Waals surface area contributed by atoms with Gasteiger partial charge in [-0.2, -0.15) is 0 Å². The van der Waals surface area contributed by atoms with E-state index in [1.807, 2.05) is 4.90 Å². The zero-order valence-corrected chi connectivity index (χ0v) is 14.8. The van der Waals surface area contributed by atoms with Crippen LogP contribution in [0.1, 0.15) is 19.4 Å². The summed E-state index contributed by atoms with van der Waals surface area (Å²) in [5.74, 6) is 1.41. The lowest BCUT2D eigenvalue weighted by Crippen LogP contribution is -2.49. The van der Waals surface area contributed by atoms with Crippen LogP contribution in [0.15, 0.2) is 24.3 Å². The summed E-state index contributed by atoms with van der Waals surface area (Å²) in [6.45, 7) is 8.98. The molecule has 1 aromatic rings. The number of nitrogens with zero attached hydrogens (tertiary/aromatic N) is 2. The Labute approximate surface area is 143 Å². The van der Waals surface area contributed by atoms with Crippen LogP contribution >= 0.6 is 11.6 Å². The topological polar surface area (TPSA) is 32.8 Å². The second-order valence-electron chi connectivity index (χ2n) is 6.24. The van der Waals surface area contributed by atoms with Crippen LogP contribution in [0.25, 0.3) is 6.08 Å². The number of piperazine rings is 1. The maximum atomic E-state index is 12.3. The number of hydrogen-bond acceptors (Lipinski definition) is 3. The minimum atomic E-state index is 0.0382. The van der Waals surface area contributed by atoms with Crippen molar-refractivity contribution in [1.82, 2.24) is 9.80 Å². The molecule has 2 rings (SSSR count). The Morgan fingerprint density at radius 2 is 2.00 bits per heavy atom. The van der Waals surface area contributed by atoms with E-state index in [9.17, 15) is 4.79 Å². The van der Waals surface area contributed by atoms with Gasteiger partial charge in [-0.05, 0) is 30.2 Å². The molecule has 1 aliphatic heterocycles. The van der Waals surface area contributed by atoms with E-state index in [1.165, 1.54) is 0 Å². The van der Waals surface area contributed by atoms with Crippen molar-refractivity contribution in [2.75, 3.05) is 39.8 Å². The molecule has 0 atom stereocenters. The predicted molar refractivity (Wildman–Crippen MR) is 94.9 cm³/mol. The number of methoxy groups -OCH3 is 1. The van der Waals surface area contributed by atoms with Crippen LogP contribution in [-0.4, -0.2) is 55.5 Å². The van der Waals surface area contributed by atoms with Crippen molar-refractivity contribution >= 4 is 23.6 Å². The highest BCUT2D eigenvalue weighted by atomic mass is 35.5. The molecule has 1 heterocycles. The minimum absolute atomic E-state index is 0.0382. The van der Waals surface area contributed by atoms with Crippen LogP contribution in [0.3, 0.4) is 0 Å². The first-order valence-electron chi connectivity index (χ1n) is 8.02. The Kier molecular flexibility index (Phi) is 6.48. The third-order valence-electron chi connectivity index (χ3n) is 3.90. The number of carbonyl (C=O) groups excluding carboxylic acids is 1. The molecule has 0 aromatic heterocycles. The first kappa shape index (κ1) is 17.8. The number of benzene rings is 1. The standard InChI is InChI=1S/C18H25ClN2O2/c1-14(2)13-20-8-10-21(11-9-20)18(22)7-4-15-12-16(19)5-6-17(15)23-3/h4-7,12,14H,8-11,13H2,1-3H3. The number of halogens is 1. The molecule has 1 amide bonds. The largest absolute Gasteiger partial charge is 0.496 e. The van der Waals surface area contributed by atoms with E-state index in [4.69, 9.17) is 16.3 Å². The molecule has 1 aromatic carbocycles. The maximum Gasteiger partial charge on any atom is 0.246 e. The molecule has 0 bridgehead atoms. The molecule has 0 unspecified atom stereocenters. The first-order chi connectivity index (χ1) is 11.0. The molecule has 23 heavy (non-hydrogen) atoms. The summed E-state index contributed by atoms with van der Waals surface area (Å²) in [5, 5.41) is 0.625. The molecular weight excluding hydrogens is 312 g/mol. The van der Waals surface area contributed by atoms with Gasteiger partial charge in [0.15, 0.2) is 0 Å². The van der Waals surface area contributed by atoms with Gasteiger partial charge in [0, 0.05) is 49.4 Å². The van der Waals surface area contributed by atoms with Gasteiger partial charge in [0.1, 0.15) is 5.75 Å². The average molecular weight is 337 g/mol. The average Bonchev–Trinajstić information content (AvgIpc) is 2.53.